The maximum Gasteiger partial charge on any atom is 0.119 e. The summed E-state index contributed by atoms with van der Waals surface area (Å²) in [5.74, 6) is 0.897. The van der Waals surface area contributed by atoms with Crippen molar-refractivity contribution in [1.82, 2.24) is 0 Å². The van der Waals surface area contributed by atoms with E-state index >= 15 is 0 Å². The van der Waals surface area contributed by atoms with Crippen LogP contribution in [0.15, 0.2) is 53.4 Å². The average Bonchev–Trinajstić information content (AvgIpc) is 2.54. The van der Waals surface area contributed by atoms with Crippen molar-refractivity contribution in [2.45, 2.75) is 32.2 Å². The molecule has 0 atom stereocenters. The molecule has 0 heterocycles. The van der Waals surface area contributed by atoms with Crippen molar-refractivity contribution in [3.05, 3.63) is 54.1 Å². The van der Waals surface area contributed by atoms with Crippen LogP contribution < -0.4 is 9.64 Å². The molecule has 0 bridgehead atoms. The Morgan fingerprint density at radius 2 is 1.57 bits per heavy atom. The minimum atomic E-state index is 0.235. The number of hydrogen-bond acceptors (Lipinski definition) is 3. The average molecular weight is 330 g/mol. The first kappa shape index (κ1) is 17.7. The molecule has 0 aliphatic heterocycles. The Morgan fingerprint density at radius 1 is 0.957 bits per heavy atom. The van der Waals surface area contributed by atoms with Crippen LogP contribution in [0, 0.1) is 5.41 Å². The summed E-state index contributed by atoms with van der Waals surface area (Å²) < 4.78 is 5.27. The van der Waals surface area contributed by atoms with Crippen molar-refractivity contribution in [3.63, 3.8) is 0 Å². The minimum absolute atomic E-state index is 0.235. The van der Waals surface area contributed by atoms with Crippen molar-refractivity contribution in [2.75, 3.05) is 24.8 Å². The van der Waals surface area contributed by atoms with Crippen LogP contribution in [0.5, 0.6) is 5.75 Å². The molecule has 2 aromatic carbocycles. The molecular weight excluding hydrogens is 302 g/mol. The minimum Gasteiger partial charge on any atom is -0.497 e. The monoisotopic (exact) mass is 329 g/mol. The van der Waals surface area contributed by atoms with E-state index in [0.29, 0.717) is 0 Å². The van der Waals surface area contributed by atoms with Crippen LogP contribution in [0.4, 0.5) is 5.69 Å². The van der Waals surface area contributed by atoms with Gasteiger partial charge in [-0.05, 0) is 53.6 Å². The van der Waals surface area contributed by atoms with E-state index in [2.05, 4.69) is 68.3 Å². The van der Waals surface area contributed by atoms with Gasteiger partial charge < -0.3 is 9.64 Å². The predicted molar refractivity (Wildman–Crippen MR) is 102 cm³/mol. The van der Waals surface area contributed by atoms with Crippen LogP contribution in [0.2, 0.25) is 0 Å². The van der Waals surface area contributed by atoms with Crippen molar-refractivity contribution in [1.29, 1.82) is 0 Å². The predicted octanol–water partition coefficient (Wildman–Crippen LogP) is 5.47. The fourth-order valence-corrected chi connectivity index (χ4v) is 2.96. The largest absolute Gasteiger partial charge is 0.497 e. The molecule has 0 radical (unpaired) electrons. The molecule has 124 valence electrons. The molecule has 2 aromatic rings. The number of thioether (sulfide) groups is 1. The van der Waals surface area contributed by atoms with Gasteiger partial charge in [0.15, 0.2) is 0 Å². The molecule has 23 heavy (non-hydrogen) atoms. The molecule has 2 nitrogen and oxygen atoms in total. The number of hydrogen-bond donors (Lipinski definition) is 0. The SMILES string of the molecule is COc1ccc(N(Cc2ccc(SC)cc2)CC(C)(C)C)cc1. The first-order valence-corrected chi connectivity index (χ1v) is 9.16. The Kier molecular flexibility index (Phi) is 6.00. The quantitative estimate of drug-likeness (QED) is 0.652. The molecule has 0 amide bonds. The highest BCUT2D eigenvalue weighted by molar-refractivity contribution is 7.98. The van der Waals surface area contributed by atoms with Crippen LogP contribution in [-0.4, -0.2) is 19.9 Å². The molecule has 2 rings (SSSR count). The third-order valence-electron chi connectivity index (χ3n) is 3.64. The van der Waals surface area contributed by atoms with Gasteiger partial charge in [-0.2, -0.15) is 0 Å². The third kappa shape index (κ3) is 5.51. The molecule has 0 aliphatic carbocycles. The second-order valence-corrected chi connectivity index (χ2v) is 7.84. The smallest absolute Gasteiger partial charge is 0.119 e. The van der Waals surface area contributed by atoms with Gasteiger partial charge in [0, 0.05) is 23.7 Å². The van der Waals surface area contributed by atoms with Gasteiger partial charge in [-0.25, -0.2) is 0 Å². The Bertz CT molecular complexity index is 599. The second-order valence-electron chi connectivity index (χ2n) is 6.96. The molecular formula is C20H27NOS. The van der Waals surface area contributed by atoms with Crippen LogP contribution in [0.3, 0.4) is 0 Å². The first-order chi connectivity index (χ1) is 10.9. The van der Waals surface area contributed by atoms with Gasteiger partial charge in [0.05, 0.1) is 7.11 Å². The van der Waals surface area contributed by atoms with Gasteiger partial charge in [-0.3, -0.25) is 0 Å². The van der Waals surface area contributed by atoms with Crippen LogP contribution in [-0.2, 0) is 6.54 Å². The topological polar surface area (TPSA) is 12.5 Å². The van der Waals surface area contributed by atoms with Crippen LogP contribution >= 0.6 is 11.8 Å². The van der Waals surface area contributed by atoms with Gasteiger partial charge in [0.25, 0.3) is 0 Å². The van der Waals surface area contributed by atoms with Gasteiger partial charge >= 0.3 is 0 Å². The standard InChI is InChI=1S/C20H27NOS/c1-20(2,3)15-21(17-8-10-18(22-4)11-9-17)14-16-6-12-19(23-5)13-7-16/h6-13H,14-15H2,1-5H3. The number of benzene rings is 2. The number of ether oxygens (including phenoxy) is 1. The molecule has 0 aromatic heterocycles. The highest BCUT2D eigenvalue weighted by Crippen LogP contribution is 2.26. The Balaban J connectivity index is 2.21. The number of rotatable bonds is 6. The number of anilines is 1. The van der Waals surface area contributed by atoms with E-state index in [4.69, 9.17) is 4.74 Å². The van der Waals surface area contributed by atoms with E-state index < -0.39 is 0 Å². The van der Waals surface area contributed by atoms with E-state index in [1.54, 1.807) is 18.9 Å². The van der Waals surface area contributed by atoms with Crippen molar-refractivity contribution < 1.29 is 4.74 Å². The summed E-state index contributed by atoms with van der Waals surface area (Å²) in [6.07, 6.45) is 2.11. The highest BCUT2D eigenvalue weighted by Gasteiger charge is 2.17. The molecule has 0 fully saturated rings. The molecule has 0 aliphatic rings. The van der Waals surface area contributed by atoms with Gasteiger partial charge in [-0.1, -0.05) is 32.9 Å². The Hall–Kier alpha value is -1.61. The molecule has 0 spiro atoms. The lowest BCUT2D eigenvalue weighted by Gasteiger charge is -2.32. The zero-order valence-corrected chi connectivity index (χ0v) is 15.6. The lowest BCUT2D eigenvalue weighted by Crippen LogP contribution is -2.32. The lowest BCUT2D eigenvalue weighted by molar-refractivity contribution is 0.407. The van der Waals surface area contributed by atoms with Gasteiger partial charge in [0.1, 0.15) is 5.75 Å². The molecule has 0 N–H and O–H groups in total. The van der Waals surface area contributed by atoms with Crippen molar-refractivity contribution in [3.8, 4) is 5.75 Å². The molecule has 0 unspecified atom stereocenters. The highest BCUT2D eigenvalue weighted by atomic mass is 32.2. The molecule has 3 heteroatoms. The van der Waals surface area contributed by atoms with Crippen LogP contribution in [0.1, 0.15) is 26.3 Å². The summed E-state index contributed by atoms with van der Waals surface area (Å²) in [6, 6.07) is 17.2. The van der Waals surface area contributed by atoms with Crippen molar-refractivity contribution >= 4 is 17.4 Å². The summed E-state index contributed by atoms with van der Waals surface area (Å²) in [7, 11) is 1.70. The fourth-order valence-electron chi connectivity index (χ4n) is 2.56. The van der Waals surface area contributed by atoms with E-state index in [1.165, 1.54) is 16.1 Å². The summed E-state index contributed by atoms with van der Waals surface area (Å²) in [6.45, 7) is 8.75. The molecule has 0 saturated heterocycles. The number of methoxy groups -OCH3 is 1. The summed E-state index contributed by atoms with van der Waals surface area (Å²) in [5, 5.41) is 0. The van der Waals surface area contributed by atoms with Gasteiger partial charge in [-0.15, -0.1) is 11.8 Å². The summed E-state index contributed by atoms with van der Waals surface area (Å²) in [4.78, 5) is 3.74. The normalized spacial score (nSPS) is 11.3. The Labute approximate surface area is 144 Å². The van der Waals surface area contributed by atoms with Gasteiger partial charge in [0.2, 0.25) is 0 Å². The summed E-state index contributed by atoms with van der Waals surface area (Å²) in [5.41, 5.74) is 2.80. The summed E-state index contributed by atoms with van der Waals surface area (Å²) >= 11 is 1.78. The van der Waals surface area contributed by atoms with E-state index in [1.807, 2.05) is 12.1 Å². The van der Waals surface area contributed by atoms with Crippen molar-refractivity contribution in [2.24, 2.45) is 5.41 Å². The zero-order chi connectivity index (χ0) is 16.9. The molecule has 0 saturated carbocycles. The van der Waals surface area contributed by atoms with E-state index in [9.17, 15) is 0 Å². The lowest BCUT2D eigenvalue weighted by atomic mass is 9.95. The maximum atomic E-state index is 5.27. The maximum absolute atomic E-state index is 5.27. The third-order valence-corrected chi connectivity index (χ3v) is 4.38. The van der Waals surface area contributed by atoms with E-state index in [-0.39, 0.29) is 5.41 Å². The number of nitrogens with zero attached hydrogens (tertiary/aromatic N) is 1. The van der Waals surface area contributed by atoms with Crippen LogP contribution in [0.25, 0.3) is 0 Å². The Morgan fingerprint density at radius 3 is 2.04 bits per heavy atom. The van der Waals surface area contributed by atoms with E-state index in [0.717, 1.165) is 18.8 Å². The first-order valence-electron chi connectivity index (χ1n) is 7.93. The zero-order valence-electron chi connectivity index (χ0n) is 14.8. The fraction of sp³-hybridized carbons (Fsp3) is 0.400. The second kappa shape index (κ2) is 7.78.